The van der Waals surface area contributed by atoms with E-state index in [4.69, 9.17) is 0 Å². The second-order valence-corrected chi connectivity index (χ2v) is 5.27. The van der Waals surface area contributed by atoms with E-state index in [-0.39, 0.29) is 17.3 Å². The molecule has 20 heavy (non-hydrogen) atoms. The van der Waals surface area contributed by atoms with Crippen molar-refractivity contribution >= 4 is 16.7 Å². The smallest absolute Gasteiger partial charge is 0.258 e. The lowest BCUT2D eigenvalue weighted by atomic mass is 9.91. The second-order valence-electron chi connectivity index (χ2n) is 5.27. The van der Waals surface area contributed by atoms with E-state index < -0.39 is 0 Å². The van der Waals surface area contributed by atoms with E-state index in [2.05, 4.69) is 15.3 Å². The molecule has 3 rings (SSSR count). The zero-order valence-corrected chi connectivity index (χ0v) is 11.2. The van der Waals surface area contributed by atoms with Gasteiger partial charge in [-0.05, 0) is 37.1 Å². The lowest BCUT2D eigenvalue weighted by Crippen LogP contribution is -2.35. The summed E-state index contributed by atoms with van der Waals surface area (Å²) in [6.45, 7) is 1.79. The van der Waals surface area contributed by atoms with Gasteiger partial charge in [-0.3, -0.25) is 9.59 Å². The molecule has 0 aliphatic carbocycles. The Morgan fingerprint density at radius 1 is 1.40 bits per heavy atom. The van der Waals surface area contributed by atoms with Gasteiger partial charge < -0.3 is 10.3 Å². The molecule has 0 bridgehead atoms. The highest BCUT2D eigenvalue weighted by Crippen LogP contribution is 2.16. The topological polar surface area (TPSA) is 74.8 Å². The van der Waals surface area contributed by atoms with Crippen molar-refractivity contribution in [2.45, 2.75) is 19.3 Å². The average molecular weight is 271 g/mol. The number of nitrogens with one attached hydrogen (secondary N) is 2. The summed E-state index contributed by atoms with van der Waals surface area (Å²) in [4.78, 5) is 30.5. The van der Waals surface area contributed by atoms with Gasteiger partial charge in [0.1, 0.15) is 5.78 Å². The lowest BCUT2D eigenvalue weighted by molar-refractivity contribution is -0.122. The van der Waals surface area contributed by atoms with Crippen LogP contribution in [0.5, 0.6) is 0 Å². The van der Waals surface area contributed by atoms with Gasteiger partial charge in [0.2, 0.25) is 0 Å². The lowest BCUT2D eigenvalue weighted by Gasteiger charge is -2.21. The van der Waals surface area contributed by atoms with Gasteiger partial charge in [0.25, 0.3) is 5.56 Å². The molecule has 1 fully saturated rings. The molecule has 2 aromatic rings. The summed E-state index contributed by atoms with van der Waals surface area (Å²) in [5, 5.41) is 3.82. The number of carbonyl (C=O) groups is 1. The third kappa shape index (κ3) is 2.63. The van der Waals surface area contributed by atoms with Crippen LogP contribution in [0, 0.1) is 5.92 Å². The highest BCUT2D eigenvalue weighted by Gasteiger charge is 2.20. The van der Waals surface area contributed by atoms with E-state index in [1.54, 1.807) is 6.07 Å². The van der Waals surface area contributed by atoms with Crippen molar-refractivity contribution < 1.29 is 4.79 Å². The van der Waals surface area contributed by atoms with Crippen LogP contribution < -0.4 is 10.9 Å². The molecule has 2 heterocycles. The summed E-state index contributed by atoms with van der Waals surface area (Å²) in [6, 6.07) is 5.41. The SMILES string of the molecule is O=C(Cc1ccc2c(=O)[nH]cnc2c1)C1CCCNC1. The molecule has 1 aromatic carbocycles. The van der Waals surface area contributed by atoms with E-state index in [9.17, 15) is 9.59 Å². The van der Waals surface area contributed by atoms with Crippen LogP contribution in [0.3, 0.4) is 0 Å². The number of ketones is 1. The fourth-order valence-electron chi connectivity index (χ4n) is 2.70. The van der Waals surface area contributed by atoms with Gasteiger partial charge in [-0.25, -0.2) is 4.98 Å². The highest BCUT2D eigenvalue weighted by atomic mass is 16.1. The van der Waals surface area contributed by atoms with Crippen LogP contribution in [0.1, 0.15) is 18.4 Å². The van der Waals surface area contributed by atoms with Crippen molar-refractivity contribution in [2.24, 2.45) is 5.92 Å². The number of fused-ring (bicyclic) bond motifs is 1. The van der Waals surface area contributed by atoms with E-state index >= 15 is 0 Å². The average Bonchev–Trinajstić information content (AvgIpc) is 2.48. The molecule has 1 aliphatic rings. The largest absolute Gasteiger partial charge is 0.316 e. The minimum Gasteiger partial charge on any atom is -0.316 e. The van der Waals surface area contributed by atoms with Crippen LogP contribution in [0.2, 0.25) is 0 Å². The summed E-state index contributed by atoms with van der Waals surface area (Å²) >= 11 is 0. The molecule has 2 N–H and O–H groups in total. The number of Topliss-reactive ketones (excluding diaryl/α,β-unsaturated/α-hetero) is 1. The molecule has 1 aromatic heterocycles. The number of benzene rings is 1. The number of aromatic amines is 1. The van der Waals surface area contributed by atoms with Gasteiger partial charge in [0.15, 0.2) is 0 Å². The van der Waals surface area contributed by atoms with Crippen LogP contribution in [-0.2, 0) is 11.2 Å². The van der Waals surface area contributed by atoms with Gasteiger partial charge in [0.05, 0.1) is 17.2 Å². The summed E-state index contributed by atoms with van der Waals surface area (Å²) in [5.74, 6) is 0.382. The number of hydrogen-bond acceptors (Lipinski definition) is 4. The predicted octanol–water partition coefficient (Wildman–Crippen LogP) is 1.03. The zero-order chi connectivity index (χ0) is 13.9. The summed E-state index contributed by atoms with van der Waals surface area (Å²) in [7, 11) is 0. The Hall–Kier alpha value is -2.01. The van der Waals surface area contributed by atoms with Gasteiger partial charge in [-0.1, -0.05) is 6.07 Å². The molecule has 0 amide bonds. The third-order valence-electron chi connectivity index (χ3n) is 3.84. The number of H-pyrrole nitrogens is 1. The van der Waals surface area contributed by atoms with Crippen LogP contribution in [-0.4, -0.2) is 28.8 Å². The van der Waals surface area contributed by atoms with E-state index in [0.717, 1.165) is 31.5 Å². The van der Waals surface area contributed by atoms with Crippen molar-refractivity contribution in [3.05, 3.63) is 40.4 Å². The number of carbonyl (C=O) groups excluding carboxylic acids is 1. The molecule has 104 valence electrons. The van der Waals surface area contributed by atoms with Crippen molar-refractivity contribution in [3.63, 3.8) is 0 Å². The summed E-state index contributed by atoms with van der Waals surface area (Å²) in [5.41, 5.74) is 1.41. The first-order chi connectivity index (χ1) is 9.74. The fourth-order valence-corrected chi connectivity index (χ4v) is 2.70. The molecule has 1 aliphatic heterocycles. The molecule has 1 atom stereocenters. The van der Waals surface area contributed by atoms with Crippen LogP contribution in [0.15, 0.2) is 29.3 Å². The molecule has 1 unspecified atom stereocenters. The van der Waals surface area contributed by atoms with Crippen molar-refractivity contribution in [2.75, 3.05) is 13.1 Å². The maximum absolute atomic E-state index is 12.2. The first-order valence-corrected chi connectivity index (χ1v) is 6.94. The normalized spacial score (nSPS) is 19.1. The standard InChI is InChI=1S/C15H17N3O2/c19-14(11-2-1-5-16-8-11)7-10-3-4-12-13(6-10)17-9-18-15(12)20/h3-4,6,9,11,16H,1-2,5,7-8H2,(H,17,18,20). The quantitative estimate of drug-likeness (QED) is 0.874. The first-order valence-electron chi connectivity index (χ1n) is 6.94. The maximum atomic E-state index is 12.2. The van der Waals surface area contributed by atoms with Crippen LogP contribution in [0.4, 0.5) is 0 Å². The molecule has 0 radical (unpaired) electrons. The monoisotopic (exact) mass is 271 g/mol. The van der Waals surface area contributed by atoms with Gasteiger partial charge in [-0.15, -0.1) is 0 Å². The number of hydrogen-bond donors (Lipinski definition) is 2. The Bertz CT molecular complexity index is 687. The molecule has 5 heteroatoms. The summed E-state index contributed by atoms with van der Waals surface area (Å²) in [6.07, 6.45) is 3.83. The van der Waals surface area contributed by atoms with E-state index in [1.807, 2.05) is 12.1 Å². The molecule has 5 nitrogen and oxygen atoms in total. The number of aromatic nitrogens is 2. The van der Waals surface area contributed by atoms with E-state index in [0.29, 0.717) is 17.3 Å². The minimum atomic E-state index is -0.149. The number of nitrogens with zero attached hydrogens (tertiary/aromatic N) is 1. The second kappa shape index (κ2) is 5.54. The Balaban J connectivity index is 1.80. The molecule has 0 spiro atoms. The van der Waals surface area contributed by atoms with Gasteiger partial charge in [0, 0.05) is 18.9 Å². The number of rotatable bonds is 3. The first kappa shape index (κ1) is 13.0. The summed E-state index contributed by atoms with van der Waals surface area (Å²) < 4.78 is 0. The molecule has 0 saturated carbocycles. The zero-order valence-electron chi connectivity index (χ0n) is 11.2. The molecular weight excluding hydrogens is 254 g/mol. The van der Waals surface area contributed by atoms with Crippen LogP contribution >= 0.6 is 0 Å². The minimum absolute atomic E-state index is 0.117. The highest BCUT2D eigenvalue weighted by molar-refractivity contribution is 5.85. The third-order valence-corrected chi connectivity index (χ3v) is 3.84. The maximum Gasteiger partial charge on any atom is 0.258 e. The van der Waals surface area contributed by atoms with Crippen molar-refractivity contribution in [1.82, 2.24) is 15.3 Å². The van der Waals surface area contributed by atoms with Gasteiger partial charge in [-0.2, -0.15) is 0 Å². The van der Waals surface area contributed by atoms with Crippen molar-refractivity contribution in [1.29, 1.82) is 0 Å². The Morgan fingerprint density at radius 3 is 3.10 bits per heavy atom. The fraction of sp³-hybridized carbons (Fsp3) is 0.400. The van der Waals surface area contributed by atoms with Crippen molar-refractivity contribution in [3.8, 4) is 0 Å². The van der Waals surface area contributed by atoms with E-state index in [1.165, 1.54) is 6.33 Å². The Labute approximate surface area is 116 Å². The Morgan fingerprint density at radius 2 is 2.30 bits per heavy atom. The van der Waals surface area contributed by atoms with Crippen LogP contribution in [0.25, 0.3) is 10.9 Å². The van der Waals surface area contributed by atoms with Gasteiger partial charge >= 0.3 is 0 Å². The number of piperidine rings is 1. The molecular formula is C15H17N3O2. The Kier molecular flexibility index (Phi) is 3.60. The predicted molar refractivity (Wildman–Crippen MR) is 76.7 cm³/mol. The molecule has 1 saturated heterocycles.